The highest BCUT2D eigenvalue weighted by Gasteiger charge is 2.20. The number of aromatic nitrogens is 2. The van der Waals surface area contributed by atoms with Gasteiger partial charge in [0.25, 0.3) is 0 Å². The summed E-state index contributed by atoms with van der Waals surface area (Å²) in [5.41, 5.74) is 6.76. The van der Waals surface area contributed by atoms with Gasteiger partial charge in [0.2, 0.25) is 0 Å². The number of carboxylic acid groups (broad SMARTS) is 1. The van der Waals surface area contributed by atoms with Crippen LogP contribution < -0.4 is 5.73 Å². The van der Waals surface area contributed by atoms with Crippen LogP contribution in [0.3, 0.4) is 0 Å². The number of nitrogen functional groups attached to an aromatic ring is 1. The molecule has 0 spiro atoms. The summed E-state index contributed by atoms with van der Waals surface area (Å²) >= 11 is 0. The average molecular weight is 169 g/mol. The fraction of sp³-hybridized carbons (Fsp3) is 0.429. The summed E-state index contributed by atoms with van der Waals surface area (Å²) in [4.78, 5) is 10.6. The van der Waals surface area contributed by atoms with Gasteiger partial charge in [-0.3, -0.25) is 9.89 Å². The number of aromatic amines is 1. The molecule has 0 amide bonds. The molecule has 0 saturated heterocycles. The number of aryl methyl sites for hydroxylation is 1. The van der Waals surface area contributed by atoms with E-state index in [2.05, 4.69) is 10.2 Å². The topological polar surface area (TPSA) is 92.0 Å². The Hall–Kier alpha value is -1.52. The first-order chi connectivity index (χ1) is 5.54. The Kier molecular flexibility index (Phi) is 2.03. The Morgan fingerprint density at radius 2 is 2.33 bits per heavy atom. The molecule has 0 aliphatic heterocycles. The van der Waals surface area contributed by atoms with Crippen LogP contribution in [0.15, 0.2) is 0 Å². The van der Waals surface area contributed by atoms with Gasteiger partial charge in [-0.2, -0.15) is 5.10 Å². The summed E-state index contributed by atoms with van der Waals surface area (Å²) < 4.78 is 0. The average Bonchev–Trinajstić information content (AvgIpc) is 2.30. The zero-order valence-electron chi connectivity index (χ0n) is 6.96. The molecule has 0 saturated carbocycles. The summed E-state index contributed by atoms with van der Waals surface area (Å²) in [5.74, 6) is -1.24. The van der Waals surface area contributed by atoms with Gasteiger partial charge in [0, 0.05) is 11.3 Å². The van der Waals surface area contributed by atoms with E-state index in [1.54, 1.807) is 13.8 Å². The molecule has 1 heterocycles. The number of hydrogen-bond donors (Lipinski definition) is 3. The molecular formula is C7H11N3O2. The van der Waals surface area contributed by atoms with E-state index in [0.29, 0.717) is 11.3 Å². The van der Waals surface area contributed by atoms with Gasteiger partial charge in [0.1, 0.15) is 5.82 Å². The number of nitrogens with zero attached hydrogens (tertiary/aromatic N) is 1. The van der Waals surface area contributed by atoms with Crippen LogP contribution in [0.1, 0.15) is 24.1 Å². The third kappa shape index (κ3) is 1.25. The van der Waals surface area contributed by atoms with E-state index in [1.807, 2.05) is 0 Å². The number of anilines is 1. The Morgan fingerprint density at radius 3 is 2.67 bits per heavy atom. The zero-order valence-corrected chi connectivity index (χ0v) is 6.96. The maximum atomic E-state index is 10.6. The van der Waals surface area contributed by atoms with Crippen molar-refractivity contribution in [2.24, 2.45) is 0 Å². The highest BCUT2D eigenvalue weighted by Crippen LogP contribution is 2.23. The lowest BCUT2D eigenvalue weighted by Gasteiger charge is -2.04. The molecule has 5 nitrogen and oxygen atoms in total. The smallest absolute Gasteiger partial charge is 0.310 e. The molecule has 0 fully saturated rings. The van der Waals surface area contributed by atoms with Crippen molar-refractivity contribution in [1.29, 1.82) is 0 Å². The number of aliphatic carboxylic acids is 1. The third-order valence-electron chi connectivity index (χ3n) is 1.83. The minimum atomic E-state index is -0.897. The number of rotatable bonds is 2. The molecule has 1 rings (SSSR count). The number of hydrogen-bond acceptors (Lipinski definition) is 3. The van der Waals surface area contributed by atoms with Crippen LogP contribution in [0, 0.1) is 6.92 Å². The summed E-state index contributed by atoms with van der Waals surface area (Å²) in [5, 5.41) is 15.0. The number of carbonyl (C=O) groups is 1. The van der Waals surface area contributed by atoms with E-state index in [1.165, 1.54) is 0 Å². The number of H-pyrrole nitrogens is 1. The molecule has 1 aromatic rings. The van der Waals surface area contributed by atoms with Crippen LogP contribution in [0.2, 0.25) is 0 Å². The molecule has 0 aromatic carbocycles. The predicted molar refractivity (Wildman–Crippen MR) is 43.8 cm³/mol. The monoisotopic (exact) mass is 169 g/mol. The normalized spacial score (nSPS) is 12.8. The van der Waals surface area contributed by atoms with Crippen molar-refractivity contribution in [3.63, 3.8) is 0 Å². The molecule has 12 heavy (non-hydrogen) atoms. The summed E-state index contributed by atoms with van der Waals surface area (Å²) in [6.45, 7) is 3.33. The fourth-order valence-corrected chi connectivity index (χ4v) is 1.13. The van der Waals surface area contributed by atoms with Crippen LogP contribution in [-0.4, -0.2) is 21.3 Å². The van der Waals surface area contributed by atoms with E-state index >= 15 is 0 Å². The summed E-state index contributed by atoms with van der Waals surface area (Å²) in [7, 11) is 0. The minimum Gasteiger partial charge on any atom is -0.481 e. The van der Waals surface area contributed by atoms with Crippen molar-refractivity contribution in [3.8, 4) is 0 Å². The quantitative estimate of drug-likeness (QED) is 0.600. The molecule has 0 bridgehead atoms. The Bertz CT molecular complexity index is 286. The summed E-state index contributed by atoms with van der Waals surface area (Å²) in [6.07, 6.45) is 0. The van der Waals surface area contributed by atoms with Crippen molar-refractivity contribution in [2.45, 2.75) is 19.8 Å². The highest BCUT2D eigenvalue weighted by molar-refractivity contribution is 5.77. The third-order valence-corrected chi connectivity index (χ3v) is 1.83. The standard InChI is InChI=1S/C7H11N3O2/c1-3(7(11)12)5-4(2)9-10-6(5)8/h3H,1-2H3,(H,11,12)(H3,8,9,10). The van der Waals surface area contributed by atoms with Gasteiger partial charge in [-0.15, -0.1) is 0 Å². The molecule has 5 heteroatoms. The maximum absolute atomic E-state index is 10.6. The van der Waals surface area contributed by atoms with Crippen molar-refractivity contribution in [2.75, 3.05) is 5.73 Å². The van der Waals surface area contributed by atoms with Crippen molar-refractivity contribution in [3.05, 3.63) is 11.3 Å². The number of nitrogens with one attached hydrogen (secondary N) is 1. The Balaban J connectivity index is 3.08. The van der Waals surface area contributed by atoms with Gasteiger partial charge in [-0.25, -0.2) is 0 Å². The summed E-state index contributed by atoms with van der Waals surface area (Å²) in [6, 6.07) is 0. The van der Waals surface area contributed by atoms with Gasteiger partial charge in [0.05, 0.1) is 5.92 Å². The first-order valence-corrected chi connectivity index (χ1v) is 3.57. The first-order valence-electron chi connectivity index (χ1n) is 3.57. The molecule has 0 radical (unpaired) electrons. The second-order valence-electron chi connectivity index (χ2n) is 2.71. The lowest BCUT2D eigenvalue weighted by atomic mass is 10.0. The maximum Gasteiger partial charge on any atom is 0.310 e. The lowest BCUT2D eigenvalue weighted by molar-refractivity contribution is -0.138. The molecule has 4 N–H and O–H groups in total. The largest absolute Gasteiger partial charge is 0.481 e. The first kappa shape index (κ1) is 8.58. The van der Waals surface area contributed by atoms with E-state index < -0.39 is 11.9 Å². The molecule has 1 atom stereocenters. The van der Waals surface area contributed by atoms with Gasteiger partial charge in [0.15, 0.2) is 0 Å². The Morgan fingerprint density at radius 1 is 1.75 bits per heavy atom. The molecule has 1 aromatic heterocycles. The molecule has 66 valence electrons. The highest BCUT2D eigenvalue weighted by atomic mass is 16.4. The number of carboxylic acids is 1. The molecule has 0 aliphatic rings. The number of nitrogens with two attached hydrogens (primary N) is 1. The molecular weight excluding hydrogens is 158 g/mol. The van der Waals surface area contributed by atoms with Gasteiger partial charge < -0.3 is 10.8 Å². The Labute approximate surface area is 69.6 Å². The lowest BCUT2D eigenvalue weighted by Crippen LogP contribution is -2.09. The van der Waals surface area contributed by atoms with Crippen LogP contribution in [0.4, 0.5) is 5.82 Å². The van der Waals surface area contributed by atoms with Gasteiger partial charge in [-0.05, 0) is 13.8 Å². The second kappa shape index (κ2) is 2.84. The van der Waals surface area contributed by atoms with Gasteiger partial charge in [-0.1, -0.05) is 0 Å². The minimum absolute atomic E-state index is 0.266. The molecule has 1 unspecified atom stereocenters. The van der Waals surface area contributed by atoms with Crippen LogP contribution in [0.5, 0.6) is 0 Å². The fourth-order valence-electron chi connectivity index (χ4n) is 1.13. The van der Waals surface area contributed by atoms with Crippen LogP contribution in [-0.2, 0) is 4.79 Å². The zero-order chi connectivity index (χ0) is 9.30. The van der Waals surface area contributed by atoms with Crippen LogP contribution >= 0.6 is 0 Å². The molecule has 0 aliphatic carbocycles. The van der Waals surface area contributed by atoms with Crippen molar-refractivity contribution < 1.29 is 9.90 Å². The van der Waals surface area contributed by atoms with E-state index in [4.69, 9.17) is 10.8 Å². The predicted octanol–water partition coefficient (Wildman–Crippen LogP) is 0.488. The van der Waals surface area contributed by atoms with E-state index in [0.717, 1.165) is 0 Å². The second-order valence-corrected chi connectivity index (χ2v) is 2.71. The van der Waals surface area contributed by atoms with E-state index in [9.17, 15) is 4.79 Å². The van der Waals surface area contributed by atoms with E-state index in [-0.39, 0.29) is 5.82 Å². The van der Waals surface area contributed by atoms with Gasteiger partial charge >= 0.3 is 5.97 Å². The van der Waals surface area contributed by atoms with Crippen LogP contribution in [0.25, 0.3) is 0 Å². The SMILES string of the molecule is Cc1[nH]nc(N)c1C(C)C(=O)O. The van der Waals surface area contributed by atoms with Crippen molar-refractivity contribution in [1.82, 2.24) is 10.2 Å². The van der Waals surface area contributed by atoms with Crippen molar-refractivity contribution >= 4 is 11.8 Å².